The van der Waals surface area contributed by atoms with Crippen LogP contribution in [0.1, 0.15) is 32.6 Å². The molecule has 0 radical (unpaired) electrons. The SMILES string of the molecule is CC[C@@H]1C=C(OS(=O)(=O)C(F)(F)F)CCC1. The lowest BCUT2D eigenvalue weighted by atomic mass is 9.93. The molecule has 0 spiro atoms. The maximum absolute atomic E-state index is 12.0. The van der Waals surface area contributed by atoms with E-state index >= 15 is 0 Å². The van der Waals surface area contributed by atoms with Crippen LogP contribution in [0.2, 0.25) is 0 Å². The molecule has 0 fully saturated rings. The van der Waals surface area contributed by atoms with Crippen molar-refractivity contribution in [2.45, 2.75) is 38.1 Å². The van der Waals surface area contributed by atoms with Crippen LogP contribution >= 0.6 is 0 Å². The predicted octanol–water partition coefficient (Wildman–Crippen LogP) is 2.95. The Bertz CT molecular complexity index is 370. The zero-order chi connectivity index (χ0) is 12.4. The van der Waals surface area contributed by atoms with E-state index in [1.165, 1.54) is 6.08 Å². The summed E-state index contributed by atoms with van der Waals surface area (Å²) in [6.07, 6.45) is 3.99. The van der Waals surface area contributed by atoms with E-state index in [0.717, 1.165) is 12.8 Å². The standard InChI is InChI=1S/C9H13F3O3S/c1-2-7-4-3-5-8(6-7)15-16(13,14)9(10,11)12/h6-7H,2-5H2,1H3/t7-/m0/s1. The molecule has 16 heavy (non-hydrogen) atoms. The zero-order valence-electron chi connectivity index (χ0n) is 8.75. The summed E-state index contributed by atoms with van der Waals surface area (Å²) in [7, 11) is -5.50. The maximum Gasteiger partial charge on any atom is 0.534 e. The quantitative estimate of drug-likeness (QED) is 0.577. The largest absolute Gasteiger partial charge is 0.534 e. The number of hydrogen-bond acceptors (Lipinski definition) is 3. The molecule has 1 rings (SSSR count). The summed E-state index contributed by atoms with van der Waals surface area (Å²) in [6, 6.07) is 0. The first-order valence-corrected chi connectivity index (χ1v) is 6.38. The molecule has 0 saturated carbocycles. The van der Waals surface area contributed by atoms with Crippen molar-refractivity contribution in [2.24, 2.45) is 5.92 Å². The average molecular weight is 258 g/mol. The summed E-state index contributed by atoms with van der Waals surface area (Å²) >= 11 is 0. The van der Waals surface area contributed by atoms with E-state index in [9.17, 15) is 21.6 Å². The molecule has 0 amide bonds. The van der Waals surface area contributed by atoms with E-state index in [1.54, 1.807) is 0 Å². The lowest BCUT2D eigenvalue weighted by molar-refractivity contribution is -0.0524. The minimum atomic E-state index is -5.50. The van der Waals surface area contributed by atoms with Gasteiger partial charge < -0.3 is 4.18 Å². The molecule has 0 heterocycles. The number of halogens is 3. The Labute approximate surface area is 92.4 Å². The van der Waals surface area contributed by atoms with E-state index in [2.05, 4.69) is 4.18 Å². The highest BCUT2D eigenvalue weighted by molar-refractivity contribution is 7.87. The van der Waals surface area contributed by atoms with Gasteiger partial charge in [-0.3, -0.25) is 0 Å². The highest BCUT2D eigenvalue weighted by Crippen LogP contribution is 2.31. The van der Waals surface area contributed by atoms with Crippen molar-refractivity contribution in [3.05, 3.63) is 11.8 Å². The fourth-order valence-corrected chi connectivity index (χ4v) is 2.06. The molecule has 0 saturated heterocycles. The van der Waals surface area contributed by atoms with Crippen LogP contribution in [0.5, 0.6) is 0 Å². The van der Waals surface area contributed by atoms with Gasteiger partial charge in [-0.15, -0.1) is 0 Å². The van der Waals surface area contributed by atoms with Crippen LogP contribution in [0.15, 0.2) is 11.8 Å². The van der Waals surface area contributed by atoms with Crippen LogP contribution in [0, 0.1) is 5.92 Å². The Kier molecular flexibility index (Phi) is 3.88. The van der Waals surface area contributed by atoms with E-state index in [-0.39, 0.29) is 18.1 Å². The van der Waals surface area contributed by atoms with Crippen molar-refractivity contribution < 1.29 is 25.8 Å². The Balaban J connectivity index is 2.79. The molecule has 1 aliphatic rings. The summed E-state index contributed by atoms with van der Waals surface area (Å²) in [5.41, 5.74) is -5.35. The molecule has 0 unspecified atom stereocenters. The van der Waals surface area contributed by atoms with Gasteiger partial charge in [-0.1, -0.05) is 6.92 Å². The molecule has 94 valence electrons. The molecule has 3 nitrogen and oxygen atoms in total. The lowest BCUT2D eigenvalue weighted by Crippen LogP contribution is -2.26. The maximum atomic E-state index is 12.0. The summed E-state index contributed by atoms with van der Waals surface area (Å²) < 4.78 is 61.6. The molecule has 0 N–H and O–H groups in total. The number of rotatable bonds is 3. The molecule has 0 bridgehead atoms. The van der Waals surface area contributed by atoms with Gasteiger partial charge in [0.15, 0.2) is 0 Å². The van der Waals surface area contributed by atoms with Gasteiger partial charge >= 0.3 is 15.6 Å². The normalized spacial score (nSPS) is 22.8. The van der Waals surface area contributed by atoms with E-state index in [4.69, 9.17) is 0 Å². The lowest BCUT2D eigenvalue weighted by Gasteiger charge is -2.20. The highest BCUT2D eigenvalue weighted by Gasteiger charge is 2.48. The minimum absolute atomic E-state index is 0.0876. The van der Waals surface area contributed by atoms with Crippen LogP contribution in [-0.4, -0.2) is 13.9 Å². The fourth-order valence-electron chi connectivity index (χ4n) is 1.55. The average Bonchev–Trinajstić information content (AvgIpc) is 2.15. The number of hydrogen-bond donors (Lipinski definition) is 0. The van der Waals surface area contributed by atoms with Gasteiger partial charge in [0, 0.05) is 6.42 Å². The Morgan fingerprint density at radius 3 is 2.62 bits per heavy atom. The molecular weight excluding hydrogens is 245 g/mol. The summed E-state index contributed by atoms with van der Waals surface area (Å²) in [5, 5.41) is 0. The Morgan fingerprint density at radius 2 is 2.12 bits per heavy atom. The molecule has 7 heteroatoms. The third kappa shape index (κ3) is 3.13. The minimum Gasteiger partial charge on any atom is -0.381 e. The van der Waals surface area contributed by atoms with Gasteiger partial charge in [-0.25, -0.2) is 0 Å². The van der Waals surface area contributed by atoms with Gasteiger partial charge in [0.25, 0.3) is 0 Å². The van der Waals surface area contributed by atoms with Crippen molar-refractivity contribution in [1.82, 2.24) is 0 Å². The summed E-state index contributed by atoms with van der Waals surface area (Å²) in [4.78, 5) is 0. The number of alkyl halides is 3. The highest BCUT2D eigenvalue weighted by atomic mass is 32.2. The van der Waals surface area contributed by atoms with Crippen LogP contribution in [0.25, 0.3) is 0 Å². The topological polar surface area (TPSA) is 43.4 Å². The first-order valence-electron chi connectivity index (χ1n) is 4.97. The van der Waals surface area contributed by atoms with Crippen molar-refractivity contribution in [3.8, 4) is 0 Å². The molecule has 0 aliphatic heterocycles. The second-order valence-electron chi connectivity index (χ2n) is 3.68. The van der Waals surface area contributed by atoms with E-state index in [0.29, 0.717) is 6.42 Å². The summed E-state index contributed by atoms with van der Waals surface area (Å²) in [5.74, 6) is 0.0163. The zero-order valence-corrected chi connectivity index (χ0v) is 9.57. The third-order valence-corrected chi connectivity index (χ3v) is 3.44. The second kappa shape index (κ2) is 4.65. The van der Waals surface area contributed by atoms with Crippen LogP contribution < -0.4 is 0 Å². The smallest absolute Gasteiger partial charge is 0.381 e. The Hall–Kier alpha value is -0.720. The van der Waals surface area contributed by atoms with Gasteiger partial charge in [-0.05, 0) is 31.3 Å². The van der Waals surface area contributed by atoms with Crippen LogP contribution in [-0.2, 0) is 14.3 Å². The van der Waals surface area contributed by atoms with Crippen LogP contribution in [0.4, 0.5) is 13.2 Å². The van der Waals surface area contributed by atoms with E-state index < -0.39 is 15.6 Å². The van der Waals surface area contributed by atoms with Crippen molar-refractivity contribution in [3.63, 3.8) is 0 Å². The second-order valence-corrected chi connectivity index (χ2v) is 5.21. The van der Waals surface area contributed by atoms with Gasteiger partial charge in [0.2, 0.25) is 0 Å². The fraction of sp³-hybridized carbons (Fsp3) is 0.778. The third-order valence-electron chi connectivity index (χ3n) is 2.44. The number of allylic oxidation sites excluding steroid dienone is 2. The monoisotopic (exact) mass is 258 g/mol. The predicted molar refractivity (Wildman–Crippen MR) is 51.8 cm³/mol. The summed E-state index contributed by atoms with van der Waals surface area (Å²) in [6.45, 7) is 1.89. The van der Waals surface area contributed by atoms with Gasteiger partial charge in [0.1, 0.15) is 5.76 Å². The van der Waals surface area contributed by atoms with E-state index in [1.807, 2.05) is 6.92 Å². The molecule has 0 aromatic carbocycles. The van der Waals surface area contributed by atoms with Crippen molar-refractivity contribution in [2.75, 3.05) is 0 Å². The van der Waals surface area contributed by atoms with Crippen molar-refractivity contribution in [1.29, 1.82) is 0 Å². The molecular formula is C9H13F3O3S. The molecule has 1 aliphatic carbocycles. The van der Waals surface area contributed by atoms with Crippen LogP contribution in [0.3, 0.4) is 0 Å². The first kappa shape index (κ1) is 13.3. The molecule has 0 aromatic heterocycles. The molecule has 1 atom stereocenters. The molecule has 0 aromatic rings. The van der Waals surface area contributed by atoms with Crippen molar-refractivity contribution >= 4 is 10.1 Å². The van der Waals surface area contributed by atoms with Gasteiger partial charge in [-0.2, -0.15) is 21.6 Å². The Morgan fingerprint density at radius 1 is 1.50 bits per heavy atom. The van der Waals surface area contributed by atoms with Gasteiger partial charge in [0.05, 0.1) is 0 Å². The first-order chi connectivity index (χ1) is 7.26.